The molecule has 4 unspecified atom stereocenters. The van der Waals surface area contributed by atoms with E-state index in [2.05, 4.69) is 10.3 Å². The van der Waals surface area contributed by atoms with Crippen molar-refractivity contribution in [2.45, 2.75) is 23.2 Å². The first kappa shape index (κ1) is 11.0. The molecule has 0 aromatic heterocycles. The number of ether oxygens (including phenoxy) is 1. The average molecular weight is 234 g/mol. The highest BCUT2D eigenvalue weighted by Gasteiger charge is 2.56. The second kappa shape index (κ2) is 3.82. The van der Waals surface area contributed by atoms with E-state index in [-0.39, 0.29) is 12.6 Å². The van der Waals surface area contributed by atoms with E-state index in [9.17, 15) is 15.3 Å². The number of hydrogen-bond donors (Lipinski definition) is 4. The van der Waals surface area contributed by atoms with Gasteiger partial charge in [0.15, 0.2) is 0 Å². The van der Waals surface area contributed by atoms with Gasteiger partial charge < -0.3 is 25.4 Å². The van der Waals surface area contributed by atoms with Gasteiger partial charge in [0.25, 0.3) is 6.02 Å². The predicted octanol–water partition coefficient (Wildman–Crippen LogP) is -1.88. The molecule has 2 aliphatic heterocycles. The molecule has 2 heterocycles. The van der Waals surface area contributed by atoms with Crippen LogP contribution in [0.3, 0.4) is 0 Å². The van der Waals surface area contributed by atoms with E-state index in [0.717, 1.165) is 0 Å². The topological polar surface area (TPSA) is 94.3 Å². The molecule has 0 aromatic rings. The van der Waals surface area contributed by atoms with Gasteiger partial charge in [-0.1, -0.05) is 0 Å². The Morgan fingerprint density at radius 1 is 1.67 bits per heavy atom. The molecule has 86 valence electrons. The molecule has 0 bridgehead atoms. The van der Waals surface area contributed by atoms with Crippen LogP contribution in [0.1, 0.15) is 0 Å². The largest absolute Gasteiger partial charge is 0.443 e. The Morgan fingerprint density at radius 3 is 3.00 bits per heavy atom. The van der Waals surface area contributed by atoms with E-state index < -0.39 is 23.2 Å². The number of nitrogens with one attached hydrogen (secondary N) is 1. The van der Waals surface area contributed by atoms with Crippen molar-refractivity contribution in [2.24, 2.45) is 4.99 Å². The summed E-state index contributed by atoms with van der Waals surface area (Å²) in [4.78, 5) is 2.91. The second-order valence-corrected chi connectivity index (χ2v) is 4.90. The van der Waals surface area contributed by atoms with Crippen LogP contribution in [0.2, 0.25) is 0 Å². The number of aliphatic imine (C=N–C) groups is 1. The van der Waals surface area contributed by atoms with E-state index in [0.29, 0.717) is 5.75 Å². The number of aliphatic hydroxyl groups excluding tert-OH is 3. The van der Waals surface area contributed by atoms with Crippen molar-refractivity contribution in [3.05, 3.63) is 0 Å². The molecular weight excluding hydrogens is 220 g/mol. The van der Waals surface area contributed by atoms with Crippen LogP contribution in [0.15, 0.2) is 4.99 Å². The fraction of sp³-hybridized carbons (Fsp3) is 0.875. The summed E-state index contributed by atoms with van der Waals surface area (Å²) in [6.45, 7) is -0.238. The molecule has 0 aliphatic carbocycles. The lowest BCUT2D eigenvalue weighted by atomic mass is 10.0. The molecular formula is C8H14N2O4S. The number of nitrogens with zero attached hydrogens (tertiary/aromatic N) is 1. The third-order valence-corrected chi connectivity index (χ3v) is 4.14. The average Bonchev–Trinajstić information content (AvgIpc) is 2.64. The monoisotopic (exact) mass is 234 g/mol. The zero-order valence-electron chi connectivity index (χ0n) is 8.25. The van der Waals surface area contributed by atoms with E-state index in [1.165, 1.54) is 11.8 Å². The molecule has 15 heavy (non-hydrogen) atoms. The molecule has 0 amide bonds. The summed E-state index contributed by atoms with van der Waals surface area (Å²) < 4.78 is 5.45. The SMILES string of the molecule is CN=C1NC2C(O)C(O)CSC2(CO)O1. The summed E-state index contributed by atoms with van der Waals surface area (Å²) in [5, 5.41) is 31.5. The standard InChI is InChI=1S/C8H14N2O4S/c1-9-7-10-6-5(13)4(12)2-15-8(6,3-11)14-7/h4-6,11-13H,2-3H2,1H3,(H,9,10). The molecule has 0 radical (unpaired) electrons. The summed E-state index contributed by atoms with van der Waals surface area (Å²) in [6.07, 6.45) is -1.77. The molecule has 0 spiro atoms. The Labute approximate surface area is 91.3 Å². The lowest BCUT2D eigenvalue weighted by Gasteiger charge is -2.39. The molecule has 2 fully saturated rings. The summed E-state index contributed by atoms with van der Waals surface area (Å²) >= 11 is 1.29. The van der Waals surface area contributed by atoms with Gasteiger partial charge >= 0.3 is 0 Å². The van der Waals surface area contributed by atoms with Gasteiger partial charge in [0.2, 0.25) is 4.93 Å². The predicted molar refractivity (Wildman–Crippen MR) is 55.7 cm³/mol. The molecule has 4 atom stereocenters. The normalized spacial score (nSPS) is 47.2. The maximum atomic E-state index is 9.79. The van der Waals surface area contributed by atoms with Gasteiger partial charge in [0.05, 0.1) is 12.7 Å². The molecule has 0 saturated carbocycles. The Balaban J connectivity index is 2.26. The van der Waals surface area contributed by atoms with E-state index in [4.69, 9.17) is 4.74 Å². The number of thioether (sulfide) groups is 1. The van der Waals surface area contributed by atoms with Crippen LogP contribution >= 0.6 is 11.8 Å². The summed E-state index contributed by atoms with van der Waals surface area (Å²) in [5.74, 6) is 0.330. The third kappa shape index (κ3) is 1.59. The first-order chi connectivity index (χ1) is 7.13. The van der Waals surface area contributed by atoms with E-state index in [1.54, 1.807) is 7.05 Å². The molecule has 2 saturated heterocycles. The van der Waals surface area contributed by atoms with Crippen molar-refractivity contribution in [3.63, 3.8) is 0 Å². The Hall–Kier alpha value is -0.500. The van der Waals surface area contributed by atoms with Gasteiger partial charge in [-0.05, 0) is 0 Å². The van der Waals surface area contributed by atoms with Crippen molar-refractivity contribution < 1.29 is 20.1 Å². The van der Waals surface area contributed by atoms with Crippen molar-refractivity contribution in [2.75, 3.05) is 19.4 Å². The van der Waals surface area contributed by atoms with Crippen LogP contribution in [0.25, 0.3) is 0 Å². The fourth-order valence-electron chi connectivity index (χ4n) is 1.80. The Bertz CT molecular complexity index is 288. The fourth-order valence-corrected chi connectivity index (χ4v) is 3.06. The summed E-state index contributed by atoms with van der Waals surface area (Å²) in [5.41, 5.74) is 0. The lowest BCUT2D eigenvalue weighted by Crippen LogP contribution is -2.59. The van der Waals surface area contributed by atoms with Gasteiger partial charge in [-0.25, -0.2) is 4.99 Å². The molecule has 6 nitrogen and oxygen atoms in total. The number of fused-ring (bicyclic) bond motifs is 1. The highest BCUT2D eigenvalue weighted by Crippen LogP contribution is 2.41. The highest BCUT2D eigenvalue weighted by atomic mass is 32.2. The van der Waals surface area contributed by atoms with Gasteiger partial charge in [0.1, 0.15) is 12.1 Å². The minimum absolute atomic E-state index is 0.238. The lowest BCUT2D eigenvalue weighted by molar-refractivity contribution is -0.0346. The Kier molecular flexibility index (Phi) is 2.80. The molecule has 4 N–H and O–H groups in total. The third-order valence-electron chi connectivity index (χ3n) is 2.68. The minimum Gasteiger partial charge on any atom is -0.443 e. The number of rotatable bonds is 1. The maximum absolute atomic E-state index is 9.79. The number of aliphatic hydroxyl groups is 3. The molecule has 0 aromatic carbocycles. The van der Waals surface area contributed by atoms with Crippen LogP contribution in [0.4, 0.5) is 0 Å². The van der Waals surface area contributed by atoms with E-state index >= 15 is 0 Å². The first-order valence-electron chi connectivity index (χ1n) is 4.66. The summed E-state index contributed by atoms with van der Waals surface area (Å²) in [7, 11) is 1.55. The van der Waals surface area contributed by atoms with Crippen LogP contribution in [0.5, 0.6) is 0 Å². The maximum Gasteiger partial charge on any atom is 0.286 e. The molecule has 2 aliphatic rings. The Morgan fingerprint density at radius 2 is 2.40 bits per heavy atom. The van der Waals surface area contributed by atoms with Crippen LogP contribution in [-0.2, 0) is 4.74 Å². The van der Waals surface area contributed by atoms with E-state index in [1.807, 2.05) is 0 Å². The van der Waals surface area contributed by atoms with Crippen molar-refractivity contribution in [1.29, 1.82) is 0 Å². The summed E-state index contributed by atoms with van der Waals surface area (Å²) in [6, 6.07) is -0.246. The van der Waals surface area contributed by atoms with Crippen LogP contribution in [-0.4, -0.2) is 63.9 Å². The molecule has 7 heteroatoms. The van der Waals surface area contributed by atoms with Crippen molar-refractivity contribution in [3.8, 4) is 0 Å². The number of amidine groups is 1. The highest BCUT2D eigenvalue weighted by molar-refractivity contribution is 8.00. The number of hydrogen-bond acceptors (Lipinski definition) is 6. The van der Waals surface area contributed by atoms with Crippen LogP contribution in [0, 0.1) is 0 Å². The van der Waals surface area contributed by atoms with Gasteiger partial charge in [-0.15, -0.1) is 11.8 Å². The second-order valence-electron chi connectivity index (χ2n) is 3.59. The minimum atomic E-state index is -0.961. The smallest absolute Gasteiger partial charge is 0.286 e. The van der Waals surface area contributed by atoms with Gasteiger partial charge in [-0.2, -0.15) is 0 Å². The van der Waals surface area contributed by atoms with Gasteiger partial charge in [0, 0.05) is 12.8 Å². The van der Waals surface area contributed by atoms with Crippen molar-refractivity contribution in [1.82, 2.24) is 5.32 Å². The van der Waals surface area contributed by atoms with Crippen LogP contribution < -0.4 is 5.32 Å². The zero-order chi connectivity index (χ0) is 11.1. The van der Waals surface area contributed by atoms with Gasteiger partial charge in [-0.3, -0.25) is 0 Å². The quantitative estimate of drug-likeness (QED) is 0.424. The zero-order valence-corrected chi connectivity index (χ0v) is 9.07. The van der Waals surface area contributed by atoms with Crippen molar-refractivity contribution >= 4 is 17.8 Å². The first-order valence-corrected chi connectivity index (χ1v) is 5.65. The molecule has 2 rings (SSSR count).